The van der Waals surface area contributed by atoms with Crippen molar-refractivity contribution in [3.8, 4) is 17.2 Å². The number of nitrogens with zero attached hydrogens (tertiary/aromatic N) is 1. The maximum atomic E-state index is 12.7. The van der Waals surface area contributed by atoms with Crippen LogP contribution in [0.5, 0.6) is 17.2 Å². The van der Waals surface area contributed by atoms with Crippen LogP contribution in [-0.2, 0) is 23.1 Å². The summed E-state index contributed by atoms with van der Waals surface area (Å²) in [6, 6.07) is 28.2. The molecule has 10 heteroatoms. The topological polar surface area (TPSA) is 124 Å². The molecule has 0 aliphatic carbocycles. The molecule has 9 nitrogen and oxygen atoms in total. The van der Waals surface area contributed by atoms with E-state index in [9.17, 15) is 18.5 Å². The average molecular weight is 544 g/mol. The van der Waals surface area contributed by atoms with Crippen molar-refractivity contribution in [2.24, 2.45) is 0 Å². The fourth-order valence-electron chi connectivity index (χ4n) is 4.18. The largest absolute Gasteiger partial charge is 0.489 e. The van der Waals surface area contributed by atoms with E-state index in [1.165, 1.54) is 24.3 Å². The number of hydrogen-bond acceptors (Lipinski definition) is 6. The lowest BCUT2D eigenvalue weighted by atomic mass is 10.1. The monoisotopic (exact) mass is 543 g/mol. The Hall–Kier alpha value is -4.67. The Kier molecular flexibility index (Phi) is 7.57. The predicted octanol–water partition coefficient (Wildman–Crippen LogP) is 5.97. The first kappa shape index (κ1) is 26.0. The van der Waals surface area contributed by atoms with Gasteiger partial charge in [-0.2, -0.15) is 0 Å². The molecule has 5 aromatic rings. The van der Waals surface area contributed by atoms with Crippen LogP contribution in [0.25, 0.3) is 10.9 Å². The number of fused-ring (bicyclic) bond motifs is 1. The number of sulfonamides is 1. The third-order valence-corrected chi connectivity index (χ3v) is 7.61. The number of hydrogen-bond donors (Lipinski definition) is 2. The molecule has 0 unspecified atom stereocenters. The molecule has 0 aliphatic rings. The smallest absolute Gasteiger partial charge is 0.289 e. The van der Waals surface area contributed by atoms with E-state index >= 15 is 0 Å². The third kappa shape index (κ3) is 6.08. The van der Waals surface area contributed by atoms with Crippen molar-refractivity contribution >= 4 is 26.6 Å². The summed E-state index contributed by atoms with van der Waals surface area (Å²) in [5, 5.41) is 12.1. The minimum absolute atomic E-state index is 0.0663. The summed E-state index contributed by atoms with van der Waals surface area (Å²) in [7, 11) is -4.05. The highest BCUT2D eigenvalue weighted by Crippen LogP contribution is 2.32. The molecule has 4 aromatic carbocycles. The summed E-state index contributed by atoms with van der Waals surface area (Å²) in [5.74, 6) is 2.00. The minimum atomic E-state index is -4.05. The zero-order chi connectivity index (χ0) is 27.2. The Labute approximate surface area is 225 Å². The van der Waals surface area contributed by atoms with Gasteiger partial charge >= 0.3 is 0 Å². The van der Waals surface area contributed by atoms with E-state index < -0.39 is 20.6 Å². The summed E-state index contributed by atoms with van der Waals surface area (Å²) in [4.78, 5) is 13.4. The van der Waals surface area contributed by atoms with Crippen molar-refractivity contribution in [3.63, 3.8) is 0 Å². The molecule has 1 aromatic heterocycles. The van der Waals surface area contributed by atoms with Gasteiger partial charge in [0.1, 0.15) is 18.1 Å². The average Bonchev–Trinajstić information content (AvgIpc) is 3.37. The number of para-hydroxylation sites is 2. The van der Waals surface area contributed by atoms with Crippen LogP contribution in [0.15, 0.2) is 108 Å². The van der Waals surface area contributed by atoms with Gasteiger partial charge < -0.3 is 14.5 Å². The molecular weight excluding hydrogens is 518 g/mol. The Morgan fingerprint density at radius 3 is 2.33 bits per heavy atom. The van der Waals surface area contributed by atoms with Crippen molar-refractivity contribution in [2.75, 3.05) is 6.54 Å². The van der Waals surface area contributed by atoms with Gasteiger partial charge in [0.25, 0.3) is 5.69 Å². The van der Waals surface area contributed by atoms with Crippen molar-refractivity contribution in [1.82, 2.24) is 9.71 Å². The lowest BCUT2D eigenvalue weighted by Crippen LogP contribution is -2.26. The summed E-state index contributed by atoms with van der Waals surface area (Å²) in [5.41, 5.74) is 2.28. The Balaban J connectivity index is 1.23. The number of nitro groups is 1. The molecule has 0 radical (unpaired) electrons. The number of aromatic nitrogens is 1. The molecular formula is C29H25N3O6S. The molecule has 1 heterocycles. The van der Waals surface area contributed by atoms with Crippen LogP contribution in [0, 0.1) is 10.1 Å². The standard InChI is InChI=1S/C29H25N3O6S/c33-32(34)26-10-4-5-12-28(26)39(35,36)31-18-17-22-19-30-29-25(22)9-6-11-27(29)38-24-15-13-23(14-16-24)37-20-21-7-2-1-3-8-21/h1-16,19,30-31H,17-18,20H2. The van der Waals surface area contributed by atoms with E-state index in [-0.39, 0.29) is 11.4 Å². The SMILES string of the molecule is O=[N+]([O-])c1ccccc1S(=O)(=O)NCCc1c[nH]c2c(Oc3ccc(OCc4ccccc4)cc3)cccc12. The summed E-state index contributed by atoms with van der Waals surface area (Å²) < 4.78 is 39.8. The number of H-pyrrole nitrogens is 1. The van der Waals surface area contributed by atoms with Gasteiger partial charge in [-0.25, -0.2) is 13.1 Å². The van der Waals surface area contributed by atoms with Gasteiger partial charge in [0.2, 0.25) is 10.0 Å². The molecule has 2 N–H and O–H groups in total. The first-order chi connectivity index (χ1) is 18.9. The van der Waals surface area contributed by atoms with Gasteiger partial charge in [-0.1, -0.05) is 54.6 Å². The van der Waals surface area contributed by atoms with Crippen molar-refractivity contribution in [2.45, 2.75) is 17.9 Å². The van der Waals surface area contributed by atoms with Crippen molar-refractivity contribution < 1.29 is 22.8 Å². The summed E-state index contributed by atoms with van der Waals surface area (Å²) in [6.45, 7) is 0.543. The van der Waals surface area contributed by atoms with E-state index in [1.807, 2.05) is 72.8 Å². The van der Waals surface area contributed by atoms with Crippen LogP contribution in [0.3, 0.4) is 0 Å². The molecule has 0 saturated heterocycles. The van der Waals surface area contributed by atoms with Gasteiger partial charge in [0, 0.05) is 24.2 Å². The first-order valence-corrected chi connectivity index (χ1v) is 13.7. The number of ether oxygens (including phenoxy) is 2. The summed E-state index contributed by atoms with van der Waals surface area (Å²) in [6.07, 6.45) is 2.17. The molecule has 0 aliphatic heterocycles. The zero-order valence-electron chi connectivity index (χ0n) is 20.7. The maximum Gasteiger partial charge on any atom is 0.289 e. The van der Waals surface area contributed by atoms with Crippen LogP contribution in [-0.4, -0.2) is 24.9 Å². The van der Waals surface area contributed by atoms with Crippen LogP contribution in [0.2, 0.25) is 0 Å². The molecule has 0 amide bonds. The highest BCUT2D eigenvalue weighted by molar-refractivity contribution is 7.89. The van der Waals surface area contributed by atoms with E-state index in [4.69, 9.17) is 9.47 Å². The number of benzene rings is 4. The second-order valence-electron chi connectivity index (χ2n) is 8.71. The third-order valence-electron chi connectivity index (χ3n) is 6.10. The maximum absolute atomic E-state index is 12.7. The van der Waals surface area contributed by atoms with E-state index in [2.05, 4.69) is 9.71 Å². The quantitative estimate of drug-likeness (QED) is 0.156. The number of rotatable bonds is 11. The van der Waals surface area contributed by atoms with Gasteiger partial charge in [0.05, 0.1) is 10.4 Å². The first-order valence-electron chi connectivity index (χ1n) is 12.2. The zero-order valence-corrected chi connectivity index (χ0v) is 21.6. The molecule has 0 bridgehead atoms. The number of nitro benzene ring substituents is 1. The summed E-state index contributed by atoms with van der Waals surface area (Å²) >= 11 is 0. The Bertz CT molecular complexity index is 1700. The normalized spacial score (nSPS) is 11.4. The predicted molar refractivity (Wildman–Crippen MR) is 148 cm³/mol. The second kappa shape index (κ2) is 11.4. The van der Waals surface area contributed by atoms with Crippen LogP contribution < -0.4 is 14.2 Å². The van der Waals surface area contributed by atoms with Crippen LogP contribution in [0.1, 0.15) is 11.1 Å². The van der Waals surface area contributed by atoms with Crippen LogP contribution >= 0.6 is 0 Å². The molecule has 0 atom stereocenters. The van der Waals surface area contributed by atoms with Gasteiger partial charge in [-0.15, -0.1) is 0 Å². The lowest BCUT2D eigenvalue weighted by Gasteiger charge is -2.10. The Morgan fingerprint density at radius 1 is 0.846 bits per heavy atom. The number of nitrogens with one attached hydrogen (secondary N) is 2. The molecule has 0 fully saturated rings. The minimum Gasteiger partial charge on any atom is -0.489 e. The lowest BCUT2D eigenvalue weighted by molar-refractivity contribution is -0.387. The van der Waals surface area contributed by atoms with Crippen molar-refractivity contribution in [1.29, 1.82) is 0 Å². The highest BCUT2D eigenvalue weighted by Gasteiger charge is 2.24. The van der Waals surface area contributed by atoms with Crippen LogP contribution in [0.4, 0.5) is 5.69 Å². The highest BCUT2D eigenvalue weighted by atomic mass is 32.2. The molecule has 0 spiro atoms. The molecule has 5 rings (SSSR count). The Morgan fingerprint density at radius 2 is 1.56 bits per heavy atom. The van der Waals surface area contributed by atoms with Crippen molar-refractivity contribution in [3.05, 3.63) is 124 Å². The fourth-order valence-corrected chi connectivity index (χ4v) is 5.38. The fraction of sp³-hybridized carbons (Fsp3) is 0.103. The van der Waals surface area contributed by atoms with E-state index in [0.29, 0.717) is 24.5 Å². The molecule has 39 heavy (non-hydrogen) atoms. The second-order valence-corrected chi connectivity index (χ2v) is 10.4. The van der Waals surface area contributed by atoms with Gasteiger partial charge in [-0.05, 0) is 53.9 Å². The van der Waals surface area contributed by atoms with Gasteiger partial charge in [-0.3, -0.25) is 10.1 Å². The molecule has 0 saturated carbocycles. The molecule has 198 valence electrons. The van der Waals surface area contributed by atoms with E-state index in [1.54, 1.807) is 6.20 Å². The van der Waals surface area contributed by atoms with Gasteiger partial charge in [0.15, 0.2) is 10.6 Å². The number of aromatic amines is 1. The van der Waals surface area contributed by atoms with E-state index in [0.717, 1.165) is 27.8 Å².